The summed E-state index contributed by atoms with van der Waals surface area (Å²) < 4.78 is 0. The molecule has 26 heavy (non-hydrogen) atoms. The van der Waals surface area contributed by atoms with Crippen LogP contribution in [0.15, 0.2) is 42.0 Å². The van der Waals surface area contributed by atoms with E-state index in [0.29, 0.717) is 0 Å². The molecule has 5 nitrogen and oxygen atoms in total. The highest BCUT2D eigenvalue weighted by Crippen LogP contribution is 2.31. The summed E-state index contributed by atoms with van der Waals surface area (Å²) in [6.45, 7) is 3.98. The summed E-state index contributed by atoms with van der Waals surface area (Å²) in [4.78, 5) is 15.3. The van der Waals surface area contributed by atoms with Crippen molar-refractivity contribution in [2.75, 3.05) is 11.9 Å². The average molecular weight is 366 g/mol. The normalized spacial score (nSPS) is 14.7. The van der Waals surface area contributed by atoms with Crippen LogP contribution in [0.4, 0.5) is 5.82 Å². The van der Waals surface area contributed by atoms with Crippen LogP contribution >= 0.6 is 11.3 Å². The third-order valence-electron chi connectivity index (χ3n) is 4.63. The van der Waals surface area contributed by atoms with Gasteiger partial charge in [0.05, 0.1) is 11.7 Å². The van der Waals surface area contributed by atoms with Gasteiger partial charge in [-0.3, -0.25) is 4.98 Å². The lowest BCUT2D eigenvalue weighted by Crippen LogP contribution is -2.27. The quantitative estimate of drug-likeness (QED) is 0.685. The Morgan fingerprint density at radius 1 is 1.27 bits per heavy atom. The molecular weight excluding hydrogens is 342 g/mol. The number of hydrogen-bond donors (Lipinski definition) is 2. The summed E-state index contributed by atoms with van der Waals surface area (Å²) >= 11 is 1.80. The Morgan fingerprint density at radius 2 is 2.23 bits per heavy atom. The van der Waals surface area contributed by atoms with Crippen LogP contribution in [0.25, 0.3) is 11.4 Å². The Hall–Kier alpha value is -2.31. The maximum atomic E-state index is 4.90. The first-order valence-corrected chi connectivity index (χ1v) is 10.0. The summed E-state index contributed by atoms with van der Waals surface area (Å²) in [7, 11) is 0. The topological polar surface area (TPSA) is 62.7 Å². The minimum atomic E-state index is 0.288. The highest BCUT2D eigenvalue weighted by atomic mass is 32.1. The van der Waals surface area contributed by atoms with Gasteiger partial charge < -0.3 is 10.6 Å². The minimum Gasteiger partial charge on any atom is -0.362 e. The van der Waals surface area contributed by atoms with Crippen molar-refractivity contribution in [3.05, 3.63) is 58.2 Å². The second kappa shape index (κ2) is 7.93. The van der Waals surface area contributed by atoms with Crippen LogP contribution in [0.2, 0.25) is 0 Å². The summed E-state index contributed by atoms with van der Waals surface area (Å²) in [5, 5.41) is 9.29. The van der Waals surface area contributed by atoms with Crippen LogP contribution < -0.4 is 10.6 Å². The monoisotopic (exact) mass is 365 g/mol. The molecule has 4 heterocycles. The number of fused-ring (bicyclic) bond motifs is 1. The zero-order valence-corrected chi connectivity index (χ0v) is 15.7. The van der Waals surface area contributed by atoms with E-state index in [0.717, 1.165) is 55.3 Å². The van der Waals surface area contributed by atoms with Crippen LogP contribution in [0.5, 0.6) is 0 Å². The predicted octanol–water partition coefficient (Wildman–Crippen LogP) is 4.20. The number of pyridine rings is 1. The van der Waals surface area contributed by atoms with Gasteiger partial charge in [0, 0.05) is 34.9 Å². The molecule has 0 saturated carbocycles. The van der Waals surface area contributed by atoms with Gasteiger partial charge in [0.25, 0.3) is 0 Å². The van der Waals surface area contributed by atoms with E-state index in [1.54, 1.807) is 17.5 Å². The summed E-state index contributed by atoms with van der Waals surface area (Å²) in [6.07, 6.45) is 6.76. The van der Waals surface area contributed by atoms with E-state index in [9.17, 15) is 0 Å². The van der Waals surface area contributed by atoms with E-state index >= 15 is 0 Å². The largest absolute Gasteiger partial charge is 0.362 e. The summed E-state index contributed by atoms with van der Waals surface area (Å²) in [6, 6.07) is 8.54. The van der Waals surface area contributed by atoms with Crippen molar-refractivity contribution in [2.45, 2.75) is 38.8 Å². The number of anilines is 1. The molecule has 0 aliphatic carbocycles. The van der Waals surface area contributed by atoms with E-state index in [2.05, 4.69) is 40.1 Å². The number of hydrogen-bond acceptors (Lipinski definition) is 6. The first-order valence-electron chi connectivity index (χ1n) is 9.16. The molecule has 0 fully saturated rings. The Bertz CT molecular complexity index is 848. The lowest BCUT2D eigenvalue weighted by atomic mass is 10.0. The van der Waals surface area contributed by atoms with Crippen molar-refractivity contribution in [3.63, 3.8) is 0 Å². The highest BCUT2D eigenvalue weighted by molar-refractivity contribution is 7.10. The Labute approximate surface area is 157 Å². The molecule has 1 atom stereocenters. The Morgan fingerprint density at radius 3 is 3.00 bits per heavy atom. The maximum absolute atomic E-state index is 4.90. The van der Waals surface area contributed by atoms with Crippen LogP contribution in [0, 0.1) is 0 Å². The van der Waals surface area contributed by atoms with Crippen molar-refractivity contribution >= 4 is 17.2 Å². The molecule has 1 aliphatic rings. The lowest BCUT2D eigenvalue weighted by molar-refractivity contribution is 0.620. The molecule has 3 aromatic rings. The van der Waals surface area contributed by atoms with E-state index in [4.69, 9.17) is 9.97 Å². The lowest BCUT2D eigenvalue weighted by Gasteiger charge is -2.24. The molecule has 6 heteroatoms. The van der Waals surface area contributed by atoms with Gasteiger partial charge in [-0.15, -0.1) is 11.3 Å². The number of nitrogens with zero attached hydrogens (tertiary/aromatic N) is 3. The van der Waals surface area contributed by atoms with Crippen molar-refractivity contribution in [3.8, 4) is 11.4 Å². The molecule has 4 rings (SSSR count). The van der Waals surface area contributed by atoms with Crippen LogP contribution in [-0.4, -0.2) is 21.5 Å². The molecule has 0 radical (unpaired) electrons. The van der Waals surface area contributed by atoms with Gasteiger partial charge in [0.1, 0.15) is 5.82 Å². The van der Waals surface area contributed by atoms with Gasteiger partial charge in [-0.2, -0.15) is 0 Å². The van der Waals surface area contributed by atoms with Gasteiger partial charge in [0.15, 0.2) is 5.82 Å². The van der Waals surface area contributed by atoms with Crippen molar-refractivity contribution in [1.82, 2.24) is 20.3 Å². The van der Waals surface area contributed by atoms with Crippen LogP contribution in [0.1, 0.15) is 41.9 Å². The van der Waals surface area contributed by atoms with Crippen molar-refractivity contribution < 1.29 is 0 Å². The van der Waals surface area contributed by atoms with Crippen molar-refractivity contribution in [1.29, 1.82) is 0 Å². The second-order valence-electron chi connectivity index (χ2n) is 6.49. The molecule has 0 unspecified atom stereocenters. The van der Waals surface area contributed by atoms with Gasteiger partial charge in [-0.25, -0.2) is 9.97 Å². The fourth-order valence-electron chi connectivity index (χ4n) is 3.33. The predicted molar refractivity (Wildman–Crippen MR) is 106 cm³/mol. The first-order chi connectivity index (χ1) is 12.8. The third kappa shape index (κ3) is 3.61. The number of thiophene rings is 1. The number of aromatic nitrogens is 3. The smallest absolute Gasteiger partial charge is 0.163 e. The maximum Gasteiger partial charge on any atom is 0.163 e. The minimum absolute atomic E-state index is 0.288. The van der Waals surface area contributed by atoms with E-state index in [1.165, 1.54) is 10.4 Å². The molecule has 134 valence electrons. The number of rotatable bonds is 6. The fourth-order valence-corrected chi connectivity index (χ4v) is 4.14. The molecule has 0 bridgehead atoms. The molecule has 0 amide bonds. The first kappa shape index (κ1) is 17.1. The molecule has 0 saturated heterocycles. The zero-order valence-electron chi connectivity index (χ0n) is 14.9. The highest BCUT2D eigenvalue weighted by Gasteiger charge is 2.21. The van der Waals surface area contributed by atoms with Crippen LogP contribution in [0.3, 0.4) is 0 Å². The van der Waals surface area contributed by atoms with Crippen LogP contribution in [-0.2, 0) is 13.0 Å². The zero-order chi connectivity index (χ0) is 17.8. The van der Waals surface area contributed by atoms with Crippen molar-refractivity contribution in [2.24, 2.45) is 0 Å². The summed E-state index contributed by atoms with van der Waals surface area (Å²) in [5.74, 6) is 1.71. The van der Waals surface area contributed by atoms with E-state index in [1.807, 2.05) is 18.3 Å². The Kier molecular flexibility index (Phi) is 5.22. The standard InChI is InChI=1S/C20H23N5S/c1-2-5-16(18-7-4-11-26-18)23-20-15-8-10-22-13-17(15)24-19(25-20)14-6-3-9-21-12-14/h3-4,6-7,9,11-12,16,22H,2,5,8,10,13H2,1H3,(H,23,24,25)/t16-/m0/s1. The molecule has 1 aliphatic heterocycles. The van der Waals surface area contributed by atoms with Gasteiger partial charge >= 0.3 is 0 Å². The van der Waals surface area contributed by atoms with E-state index in [-0.39, 0.29) is 6.04 Å². The third-order valence-corrected chi connectivity index (χ3v) is 5.62. The summed E-state index contributed by atoms with van der Waals surface area (Å²) in [5.41, 5.74) is 3.29. The average Bonchev–Trinajstić information content (AvgIpc) is 3.23. The fraction of sp³-hybridized carbons (Fsp3) is 0.350. The van der Waals surface area contributed by atoms with Gasteiger partial charge in [0.2, 0.25) is 0 Å². The molecule has 2 N–H and O–H groups in total. The number of nitrogens with one attached hydrogen (secondary N) is 2. The molecule has 3 aromatic heterocycles. The van der Waals surface area contributed by atoms with Gasteiger partial charge in [-0.05, 0) is 43.0 Å². The van der Waals surface area contributed by atoms with E-state index < -0.39 is 0 Å². The SMILES string of the molecule is CCC[C@H](Nc1nc(-c2cccnc2)nc2c1CCNC2)c1cccs1. The molecule has 0 aromatic carbocycles. The second-order valence-corrected chi connectivity index (χ2v) is 7.47. The Balaban J connectivity index is 1.74. The van der Waals surface area contributed by atoms with Gasteiger partial charge in [-0.1, -0.05) is 19.4 Å². The molecule has 0 spiro atoms. The molecular formula is C20H23N5S.